The largest absolute Gasteiger partial charge is 0.492 e. The maximum absolute atomic E-state index is 12.6. The normalized spacial score (nSPS) is 36.4. The fourth-order valence-electron chi connectivity index (χ4n) is 3.11. The molecular formula is C13H17F3N3O15P3. The predicted octanol–water partition coefficient (Wildman–Crippen LogP) is -0.935. The molecule has 0 aliphatic carbocycles. The number of aliphatic hydroxyl groups excluding tert-OH is 2. The second-order valence-corrected chi connectivity index (χ2v) is 12.4. The van der Waals surface area contributed by atoms with Gasteiger partial charge in [0, 0.05) is 13.2 Å². The van der Waals surface area contributed by atoms with Crippen LogP contribution < -0.4 is 11.2 Å². The number of nitrogens with zero attached hydrogens (tertiary/aromatic N) is 2. The van der Waals surface area contributed by atoms with E-state index in [1.165, 1.54) is 0 Å². The Labute approximate surface area is 201 Å². The number of carbonyl (C=O) groups is 1. The summed E-state index contributed by atoms with van der Waals surface area (Å²) in [6.45, 7) is -2.05. The maximum atomic E-state index is 12.6. The number of hydrogen-bond donors (Lipinski definition) is 5. The van der Waals surface area contributed by atoms with Gasteiger partial charge in [-0.25, -0.2) is 18.5 Å². The molecule has 3 heterocycles. The summed E-state index contributed by atoms with van der Waals surface area (Å²) in [5.74, 6) is -2.30. The smallest absolute Gasteiger partial charge is 0.387 e. The van der Waals surface area contributed by atoms with Gasteiger partial charge >= 0.3 is 41.2 Å². The van der Waals surface area contributed by atoms with E-state index in [0.29, 0.717) is 10.8 Å². The van der Waals surface area contributed by atoms with Crippen LogP contribution in [0.25, 0.3) is 0 Å². The van der Waals surface area contributed by atoms with Gasteiger partial charge < -0.3 is 29.6 Å². The van der Waals surface area contributed by atoms with Gasteiger partial charge in [0.05, 0.1) is 18.7 Å². The van der Waals surface area contributed by atoms with E-state index in [1.807, 2.05) is 0 Å². The molecule has 37 heavy (non-hydrogen) atoms. The third-order valence-electron chi connectivity index (χ3n) is 4.66. The highest BCUT2D eigenvalue weighted by molar-refractivity contribution is 7.74. The zero-order valence-corrected chi connectivity index (χ0v) is 20.6. The standard InChI is InChI=1S/C13H17F3N3O15P3/c1-18(11(23)13(14,15)16)2-5-3-19(12(24)17-9(5)22)10-8(21)7(20)6(31-10)4-30-37(29)33-35(25,26)32-36(27,28)34-37/h3,6-8,10,20-21H,2,4H2,1H3,(H,25,26)(H,27,28)(H,17,22,24)/t6-,7?,8+,10-/m1/s1. The average molecular weight is 605 g/mol. The van der Waals surface area contributed by atoms with Crippen molar-refractivity contribution in [3.05, 3.63) is 32.6 Å². The molecule has 2 fully saturated rings. The van der Waals surface area contributed by atoms with Gasteiger partial charge in [-0.15, -0.1) is 0 Å². The molecule has 18 nitrogen and oxygen atoms in total. The van der Waals surface area contributed by atoms with E-state index in [1.54, 1.807) is 4.98 Å². The molecule has 1 amide bonds. The minimum absolute atomic E-state index is 0.127. The molecule has 3 rings (SSSR count). The molecule has 24 heteroatoms. The highest BCUT2D eigenvalue weighted by Gasteiger charge is 2.55. The number of amides is 1. The van der Waals surface area contributed by atoms with E-state index in [4.69, 9.17) is 4.74 Å². The van der Waals surface area contributed by atoms with Crippen molar-refractivity contribution in [3.8, 4) is 0 Å². The number of ether oxygens (including phenoxy) is 1. The van der Waals surface area contributed by atoms with Crippen LogP contribution in [-0.2, 0) is 47.2 Å². The first-order valence-corrected chi connectivity index (χ1v) is 13.9. The highest BCUT2D eigenvalue weighted by atomic mass is 31.3. The summed E-state index contributed by atoms with van der Waals surface area (Å²) in [5.41, 5.74) is -3.00. The Morgan fingerprint density at radius 3 is 2.24 bits per heavy atom. The minimum atomic E-state index is -5.38. The fourth-order valence-corrected chi connectivity index (χ4v) is 8.04. The molecule has 210 valence electrons. The van der Waals surface area contributed by atoms with Crippen LogP contribution in [0.1, 0.15) is 11.8 Å². The van der Waals surface area contributed by atoms with Crippen molar-refractivity contribution in [2.75, 3.05) is 13.7 Å². The summed E-state index contributed by atoms with van der Waals surface area (Å²) >= 11 is 0. The molecule has 2 aliphatic heterocycles. The van der Waals surface area contributed by atoms with Crippen LogP contribution >= 0.6 is 23.5 Å². The summed E-state index contributed by atoms with van der Waals surface area (Å²) in [6, 6.07) is 0. The van der Waals surface area contributed by atoms with Crippen molar-refractivity contribution in [1.29, 1.82) is 0 Å². The highest BCUT2D eigenvalue weighted by Crippen LogP contribution is 2.80. The number of aromatic amines is 1. The summed E-state index contributed by atoms with van der Waals surface area (Å²) < 4.78 is 95.1. The van der Waals surface area contributed by atoms with E-state index in [0.717, 1.165) is 7.05 Å². The van der Waals surface area contributed by atoms with Gasteiger partial charge in [-0.1, -0.05) is 0 Å². The van der Waals surface area contributed by atoms with Crippen LogP contribution in [0, 0.1) is 0 Å². The molecule has 0 bridgehead atoms. The molecule has 0 spiro atoms. The second kappa shape index (κ2) is 10.1. The van der Waals surface area contributed by atoms with E-state index < -0.39 is 90.1 Å². The number of carbonyl (C=O) groups excluding carboxylic acids is 1. The molecule has 5 N–H and O–H groups in total. The molecular weight excluding hydrogens is 588 g/mol. The molecule has 0 radical (unpaired) electrons. The monoisotopic (exact) mass is 605 g/mol. The Morgan fingerprint density at radius 2 is 1.70 bits per heavy atom. The molecule has 1 aromatic rings. The Kier molecular flexibility index (Phi) is 8.14. The molecule has 2 saturated heterocycles. The SMILES string of the molecule is CN(Cc1cn([C@@H]2O[C@H](COP3(=O)OP(=O)(O)OP(=O)(O)O3)C(O)[C@@H]2O)c(=O)[nH]c1=O)C(=O)C(F)(F)F. The summed E-state index contributed by atoms with van der Waals surface area (Å²) in [5, 5.41) is 20.5. The van der Waals surface area contributed by atoms with Gasteiger partial charge in [0.15, 0.2) is 6.23 Å². The van der Waals surface area contributed by atoms with Crippen LogP contribution in [0.2, 0.25) is 0 Å². The van der Waals surface area contributed by atoms with Crippen LogP contribution in [0.15, 0.2) is 15.8 Å². The Balaban J connectivity index is 1.79. The van der Waals surface area contributed by atoms with Crippen molar-refractivity contribution in [3.63, 3.8) is 0 Å². The third kappa shape index (κ3) is 6.83. The molecule has 0 saturated carbocycles. The van der Waals surface area contributed by atoms with E-state index in [2.05, 4.69) is 17.5 Å². The molecule has 1 aromatic heterocycles. The number of aliphatic hydroxyl groups is 2. The summed E-state index contributed by atoms with van der Waals surface area (Å²) in [7, 11) is -15.3. The van der Waals surface area contributed by atoms with Gasteiger partial charge in [0.25, 0.3) is 5.56 Å². The van der Waals surface area contributed by atoms with E-state index in [-0.39, 0.29) is 4.90 Å². The first-order valence-electron chi connectivity index (χ1n) is 9.46. The minimum Gasteiger partial charge on any atom is -0.387 e. The lowest BCUT2D eigenvalue weighted by molar-refractivity contribution is -0.184. The Bertz CT molecular complexity index is 1300. The Morgan fingerprint density at radius 1 is 1.14 bits per heavy atom. The van der Waals surface area contributed by atoms with E-state index in [9.17, 15) is 61.2 Å². The molecule has 0 aromatic carbocycles. The van der Waals surface area contributed by atoms with Crippen molar-refractivity contribution >= 4 is 29.4 Å². The summed E-state index contributed by atoms with van der Waals surface area (Å²) in [6.07, 6.45) is -12.1. The zero-order chi connectivity index (χ0) is 28.1. The number of phosphoric acid groups is 3. The van der Waals surface area contributed by atoms with Gasteiger partial charge in [-0.2, -0.15) is 26.1 Å². The zero-order valence-electron chi connectivity index (χ0n) is 18.0. The maximum Gasteiger partial charge on any atom is 0.492 e. The molecule has 3 unspecified atom stereocenters. The number of alkyl halides is 3. The predicted molar refractivity (Wildman–Crippen MR) is 106 cm³/mol. The number of rotatable bonds is 6. The lowest BCUT2D eigenvalue weighted by Crippen LogP contribution is -2.42. The first kappa shape index (κ1) is 29.8. The quantitative estimate of drug-likeness (QED) is 0.246. The number of aromatic nitrogens is 2. The van der Waals surface area contributed by atoms with Crippen LogP contribution in [0.3, 0.4) is 0 Å². The van der Waals surface area contributed by atoms with Crippen molar-refractivity contribution in [1.82, 2.24) is 14.5 Å². The Hall–Kier alpha value is -1.73. The summed E-state index contributed by atoms with van der Waals surface area (Å²) in [4.78, 5) is 55.9. The van der Waals surface area contributed by atoms with Crippen molar-refractivity contribution < 1.29 is 73.9 Å². The lowest BCUT2D eigenvalue weighted by Gasteiger charge is -2.27. The molecule has 6 atom stereocenters. The molecule has 2 aliphatic rings. The van der Waals surface area contributed by atoms with Gasteiger partial charge in [0.2, 0.25) is 0 Å². The second-order valence-electron chi connectivity index (χ2n) is 7.45. The number of hydrogen-bond acceptors (Lipinski definition) is 13. The van der Waals surface area contributed by atoms with Crippen molar-refractivity contribution in [2.45, 2.75) is 37.3 Å². The topological polar surface area (TPSA) is 253 Å². The van der Waals surface area contributed by atoms with Crippen LogP contribution in [0.4, 0.5) is 13.2 Å². The van der Waals surface area contributed by atoms with Gasteiger partial charge in [-0.05, 0) is 0 Å². The third-order valence-corrected chi connectivity index (χ3v) is 10.0. The van der Waals surface area contributed by atoms with Gasteiger partial charge in [0.1, 0.15) is 18.3 Å². The van der Waals surface area contributed by atoms with Crippen molar-refractivity contribution in [2.24, 2.45) is 0 Å². The first-order chi connectivity index (χ1) is 16.7. The van der Waals surface area contributed by atoms with Crippen LogP contribution in [0.5, 0.6) is 0 Å². The average Bonchev–Trinajstić information content (AvgIpc) is 2.98. The van der Waals surface area contributed by atoms with E-state index >= 15 is 0 Å². The number of nitrogens with one attached hydrogen (secondary N) is 1. The lowest BCUT2D eigenvalue weighted by atomic mass is 10.1. The number of H-pyrrole nitrogens is 1. The number of halogens is 3. The van der Waals surface area contributed by atoms with Crippen LogP contribution in [-0.4, -0.2) is 78.5 Å². The van der Waals surface area contributed by atoms with Gasteiger partial charge in [-0.3, -0.25) is 23.7 Å². The fraction of sp³-hybridized carbons (Fsp3) is 0.615.